The van der Waals surface area contributed by atoms with Gasteiger partial charge in [0.25, 0.3) is 5.91 Å². The van der Waals surface area contributed by atoms with E-state index in [0.29, 0.717) is 88.8 Å². The highest BCUT2D eigenvalue weighted by Gasteiger charge is 2.39. The lowest BCUT2D eigenvalue weighted by Crippen LogP contribution is -2.52. The van der Waals surface area contributed by atoms with E-state index in [1.165, 1.54) is 16.8 Å². The molecule has 2 aliphatic rings. The number of aryl methyl sites for hydroxylation is 1. The normalized spacial score (nSPS) is 13.9. The zero-order valence-electron chi connectivity index (χ0n) is 36.9. The van der Waals surface area contributed by atoms with Crippen LogP contribution >= 0.6 is 0 Å². The number of hydrogen-bond donors (Lipinski definition) is 4. The first kappa shape index (κ1) is 48.9. The molecule has 5 amide bonds. The Balaban J connectivity index is 0.000000183. The molecule has 1 unspecified atom stereocenters. The van der Waals surface area contributed by atoms with Crippen LogP contribution in [0.5, 0.6) is 5.75 Å². The first-order chi connectivity index (χ1) is 31.7. The number of fused-ring (bicyclic) bond motifs is 1. The molecule has 19 heteroatoms. The van der Waals surface area contributed by atoms with Gasteiger partial charge in [0, 0.05) is 61.9 Å². The Morgan fingerprint density at radius 2 is 1.60 bits per heavy atom. The number of anilines is 2. The molecule has 4 heterocycles. The zero-order chi connectivity index (χ0) is 46.2. The smallest absolute Gasteiger partial charge is 0.255 e. The molecule has 0 saturated carbocycles. The van der Waals surface area contributed by atoms with Crippen molar-refractivity contribution < 1.29 is 42.9 Å². The number of piperidine rings is 1. The second-order valence-corrected chi connectivity index (χ2v) is 14.6. The predicted octanol–water partition coefficient (Wildman–Crippen LogP) is 3.98. The lowest BCUT2D eigenvalue weighted by molar-refractivity contribution is -0.137. The molecule has 0 spiro atoms. The molecule has 1 atom stereocenters. The zero-order valence-corrected chi connectivity index (χ0v) is 36.9. The minimum Gasteiger partial charge on any atom is -0.491 e. The first-order valence-electron chi connectivity index (χ1n) is 21.3. The fourth-order valence-electron chi connectivity index (χ4n) is 6.69. The highest BCUT2D eigenvalue weighted by Crippen LogP contribution is 2.32. The van der Waals surface area contributed by atoms with Crippen LogP contribution in [0.1, 0.15) is 59.1 Å². The molecule has 2 aliphatic heterocycles. The van der Waals surface area contributed by atoms with Crippen molar-refractivity contribution in [2.45, 2.75) is 58.8 Å². The van der Waals surface area contributed by atoms with E-state index in [-0.39, 0.29) is 24.8 Å². The van der Waals surface area contributed by atoms with Gasteiger partial charge in [-0.25, -0.2) is 9.97 Å². The van der Waals surface area contributed by atoms with Crippen molar-refractivity contribution in [2.75, 3.05) is 56.9 Å². The fourth-order valence-corrected chi connectivity index (χ4v) is 6.69. The van der Waals surface area contributed by atoms with Crippen molar-refractivity contribution in [2.24, 2.45) is 7.05 Å². The predicted molar refractivity (Wildman–Crippen MR) is 240 cm³/mol. The number of carbonyl (C=O) groups is 5. The van der Waals surface area contributed by atoms with Gasteiger partial charge in [-0.1, -0.05) is 37.3 Å². The summed E-state index contributed by atoms with van der Waals surface area (Å²) in [6.07, 6.45) is 6.00. The Bertz CT molecular complexity index is 2310. The summed E-state index contributed by atoms with van der Waals surface area (Å²) in [5.41, 5.74) is 5.79. The number of hydrogen-bond acceptors (Lipinski definition) is 14. The van der Waals surface area contributed by atoms with Gasteiger partial charge in [0.1, 0.15) is 30.4 Å². The summed E-state index contributed by atoms with van der Waals surface area (Å²) in [6.45, 7) is 9.60. The molecular formula is C46H56N10O9. The topological polar surface area (TPSA) is 230 Å². The van der Waals surface area contributed by atoms with Crippen molar-refractivity contribution in [1.29, 1.82) is 0 Å². The maximum atomic E-state index is 12.4. The Morgan fingerprint density at radius 1 is 0.846 bits per heavy atom. The molecule has 0 aliphatic carbocycles. The Labute approximate surface area is 377 Å². The molecule has 5 aromatic rings. The van der Waals surface area contributed by atoms with Crippen LogP contribution in [-0.2, 0) is 60.1 Å². The minimum absolute atomic E-state index is 0.218. The number of imide groups is 1. The number of rotatable bonds is 22. The van der Waals surface area contributed by atoms with E-state index >= 15 is 0 Å². The quantitative estimate of drug-likeness (QED) is 0.0438. The molecule has 2 aromatic heterocycles. The Kier molecular flexibility index (Phi) is 20.0. The molecule has 19 nitrogen and oxygen atoms in total. The number of amides is 5. The van der Waals surface area contributed by atoms with E-state index in [0.717, 1.165) is 47.4 Å². The molecule has 0 radical (unpaired) electrons. The Morgan fingerprint density at radius 3 is 2.31 bits per heavy atom. The average molecular weight is 893 g/mol. The van der Waals surface area contributed by atoms with Crippen molar-refractivity contribution in [3.63, 3.8) is 0 Å². The van der Waals surface area contributed by atoms with Crippen molar-refractivity contribution in [3.8, 4) is 17.3 Å². The van der Waals surface area contributed by atoms with Gasteiger partial charge in [0.15, 0.2) is 11.6 Å². The van der Waals surface area contributed by atoms with Crippen LogP contribution in [0.15, 0.2) is 85.3 Å². The summed E-state index contributed by atoms with van der Waals surface area (Å²) in [4.78, 5) is 66.0. The summed E-state index contributed by atoms with van der Waals surface area (Å²) in [5.74, 6) is 1.33. The van der Waals surface area contributed by atoms with Gasteiger partial charge in [-0.05, 0) is 73.4 Å². The number of aromatic nitrogens is 5. The van der Waals surface area contributed by atoms with Gasteiger partial charge in [0.05, 0.1) is 39.6 Å². The van der Waals surface area contributed by atoms with E-state index in [9.17, 15) is 24.0 Å². The van der Waals surface area contributed by atoms with Crippen LogP contribution in [0.2, 0.25) is 0 Å². The first-order valence-corrected chi connectivity index (χ1v) is 21.3. The lowest BCUT2D eigenvalue weighted by Gasteiger charge is -2.29. The van der Waals surface area contributed by atoms with Gasteiger partial charge in [-0.15, -0.1) is 10.2 Å². The second-order valence-electron chi connectivity index (χ2n) is 14.6. The molecule has 0 bridgehead atoms. The monoisotopic (exact) mass is 892 g/mol. The van der Waals surface area contributed by atoms with Crippen LogP contribution in [0.4, 0.5) is 11.4 Å². The van der Waals surface area contributed by atoms with Crippen LogP contribution in [0.25, 0.3) is 11.5 Å². The van der Waals surface area contributed by atoms with Gasteiger partial charge in [-0.2, -0.15) is 0 Å². The fraction of sp³-hybridized carbons (Fsp3) is 0.370. The average Bonchev–Trinajstić information content (AvgIpc) is 3.86. The van der Waals surface area contributed by atoms with Crippen LogP contribution in [-0.4, -0.2) is 112 Å². The molecule has 65 heavy (non-hydrogen) atoms. The van der Waals surface area contributed by atoms with Gasteiger partial charge in [0.2, 0.25) is 24.6 Å². The molecule has 7 rings (SSSR count). The summed E-state index contributed by atoms with van der Waals surface area (Å²) in [5, 5.41) is 19.2. The largest absolute Gasteiger partial charge is 0.491 e. The summed E-state index contributed by atoms with van der Waals surface area (Å²) < 4.78 is 23.6. The van der Waals surface area contributed by atoms with E-state index in [4.69, 9.17) is 18.9 Å². The number of nitrogens with zero attached hydrogens (tertiary/aromatic N) is 6. The molecule has 3 aromatic carbocycles. The van der Waals surface area contributed by atoms with Crippen LogP contribution in [0, 0.1) is 6.92 Å². The van der Waals surface area contributed by atoms with Crippen LogP contribution < -0.4 is 26.0 Å². The van der Waals surface area contributed by atoms with E-state index in [2.05, 4.69) is 67.4 Å². The van der Waals surface area contributed by atoms with Crippen LogP contribution in [0.3, 0.4) is 0 Å². The number of carbonyl (C=O) groups excluding carboxylic acids is 5. The minimum atomic E-state index is -0.647. The maximum Gasteiger partial charge on any atom is 0.255 e. The highest BCUT2D eigenvalue weighted by atomic mass is 16.6. The standard InChI is InChI=1S/C17H27NO5.C15H16N6.C14H13N3O4/c1-2-6-20-7-8-21-9-10-22-11-12-23-17-5-3-4-16(13-17)14-18-15-19;1-11-4-3-5-12(8-11)17-9-14-19-20-15(21(14)2)13-6-7-16-10-18-13;18-7-15-10-3-1-2-8-9(10)6-17(14(8)21)11-4-5-12(19)16-13(11)20/h3-5,13,15H,2,6-12,14H2,1H3,(H,18,19);3-8,10,17H,9H2,1-2H3;1-3,7,11H,4-6H2,(H,15,18)(H,16,19,20). The number of nitrogens with one attached hydrogen (secondary N) is 4. The molecule has 1 fully saturated rings. The maximum absolute atomic E-state index is 12.4. The summed E-state index contributed by atoms with van der Waals surface area (Å²) in [6, 6.07) is 22.1. The van der Waals surface area contributed by atoms with E-state index in [1.807, 2.05) is 54.1 Å². The third-order valence-electron chi connectivity index (χ3n) is 9.92. The lowest BCUT2D eigenvalue weighted by atomic mass is 10.0. The summed E-state index contributed by atoms with van der Waals surface area (Å²) >= 11 is 0. The SMILES string of the molecule is CCCOCCOCCOCCOc1cccc(CNC=O)c1.Cc1cccc(NCc2nnc(-c3ccncn3)n2C)c1.O=CNc1cccc2c1CN(C1CCC(=O)NC1=O)C2=O. The highest BCUT2D eigenvalue weighted by molar-refractivity contribution is 6.06. The van der Waals surface area contributed by atoms with Crippen molar-refractivity contribution in [1.82, 2.24) is 40.3 Å². The van der Waals surface area contributed by atoms with Gasteiger partial charge in [-0.3, -0.25) is 29.3 Å². The third-order valence-corrected chi connectivity index (χ3v) is 9.92. The van der Waals surface area contributed by atoms with E-state index in [1.54, 1.807) is 24.4 Å². The van der Waals surface area contributed by atoms with Crippen molar-refractivity contribution >= 4 is 41.9 Å². The van der Waals surface area contributed by atoms with Crippen molar-refractivity contribution in [3.05, 3.63) is 113 Å². The van der Waals surface area contributed by atoms with Gasteiger partial charge < -0.3 is 44.4 Å². The van der Waals surface area contributed by atoms with Gasteiger partial charge >= 0.3 is 0 Å². The Hall–Kier alpha value is -7.09. The molecule has 4 N–H and O–H groups in total. The number of ether oxygens (including phenoxy) is 4. The second kappa shape index (κ2) is 26.5. The number of benzene rings is 3. The summed E-state index contributed by atoms with van der Waals surface area (Å²) in [7, 11) is 1.94. The molecular weight excluding hydrogens is 837 g/mol. The van der Waals surface area contributed by atoms with E-state index < -0.39 is 11.9 Å². The molecule has 1 saturated heterocycles. The molecule has 344 valence electrons. The third kappa shape index (κ3) is 15.3.